The summed E-state index contributed by atoms with van der Waals surface area (Å²) in [7, 11) is 0. The molecule has 0 radical (unpaired) electrons. The first kappa shape index (κ1) is 44.6. The molecule has 4 aliphatic heterocycles. The van der Waals surface area contributed by atoms with Gasteiger partial charge in [-0.15, -0.1) is 0 Å². The van der Waals surface area contributed by atoms with Crippen molar-refractivity contribution in [3.8, 4) is 16.9 Å². The van der Waals surface area contributed by atoms with Gasteiger partial charge in [0, 0.05) is 62.1 Å². The Morgan fingerprint density at radius 2 is 1.60 bits per heavy atom. The summed E-state index contributed by atoms with van der Waals surface area (Å²) in [4.78, 5) is 66.6. The van der Waals surface area contributed by atoms with Crippen molar-refractivity contribution in [3.05, 3.63) is 82.4 Å². The lowest BCUT2D eigenvalue weighted by Gasteiger charge is -2.35. The molecule has 1 aromatic heterocycles. The van der Waals surface area contributed by atoms with E-state index in [0.29, 0.717) is 79.1 Å². The van der Waals surface area contributed by atoms with Crippen molar-refractivity contribution in [3.63, 3.8) is 0 Å². The van der Waals surface area contributed by atoms with Crippen molar-refractivity contribution in [1.29, 1.82) is 0 Å². The third-order valence-electron chi connectivity index (χ3n) is 14.8. The van der Waals surface area contributed by atoms with Crippen molar-refractivity contribution in [2.45, 2.75) is 103 Å². The van der Waals surface area contributed by atoms with E-state index in [0.717, 1.165) is 82.1 Å². The van der Waals surface area contributed by atoms with Gasteiger partial charge in [0.2, 0.25) is 17.7 Å². The number of ether oxygens (including phenoxy) is 1. The van der Waals surface area contributed by atoms with Crippen LogP contribution in [0.3, 0.4) is 0 Å². The van der Waals surface area contributed by atoms with E-state index in [1.54, 1.807) is 25.1 Å². The normalized spacial score (nSPS) is 22.1. The molecule has 4 fully saturated rings. The molecule has 4 amide bonds. The Labute approximate surface area is 377 Å². The first-order valence-electron chi connectivity index (χ1n) is 23.5. The average molecular weight is 894 g/mol. The highest BCUT2D eigenvalue weighted by Gasteiger charge is 2.41. The lowest BCUT2D eigenvalue weighted by molar-refractivity contribution is -0.137. The number of piperidine rings is 2. The Kier molecular flexibility index (Phi) is 13.1. The Morgan fingerprint density at radius 3 is 2.32 bits per heavy atom. The van der Waals surface area contributed by atoms with E-state index < -0.39 is 29.4 Å². The van der Waals surface area contributed by atoms with Crippen molar-refractivity contribution >= 4 is 40.3 Å². The zero-order valence-corrected chi connectivity index (χ0v) is 37.4. The molecule has 1 atom stereocenters. The van der Waals surface area contributed by atoms with E-state index in [4.69, 9.17) is 4.74 Å². The van der Waals surface area contributed by atoms with Gasteiger partial charge in [-0.3, -0.25) is 24.5 Å². The minimum Gasteiger partial charge on any atom is -0.493 e. The number of aromatic nitrogens is 2. The zero-order valence-electron chi connectivity index (χ0n) is 37.4. The van der Waals surface area contributed by atoms with E-state index in [-0.39, 0.29) is 59.7 Å². The predicted octanol–water partition coefficient (Wildman–Crippen LogP) is 7.69. The van der Waals surface area contributed by atoms with Crippen molar-refractivity contribution in [2.24, 2.45) is 11.8 Å². The molecule has 344 valence electrons. The van der Waals surface area contributed by atoms with Crippen LogP contribution in [0, 0.1) is 36.2 Å². The van der Waals surface area contributed by atoms with Gasteiger partial charge in [0.15, 0.2) is 5.82 Å². The summed E-state index contributed by atoms with van der Waals surface area (Å²) in [6.45, 7) is 9.33. The minimum absolute atomic E-state index is 0.0929. The van der Waals surface area contributed by atoms with Gasteiger partial charge in [0.25, 0.3) is 5.91 Å². The van der Waals surface area contributed by atoms with Crippen LogP contribution in [-0.4, -0.2) is 107 Å². The summed E-state index contributed by atoms with van der Waals surface area (Å²) < 4.78 is 53.5. The van der Waals surface area contributed by atoms with Gasteiger partial charge in [0.05, 0.1) is 12.2 Å². The number of benzene rings is 3. The van der Waals surface area contributed by atoms with Gasteiger partial charge >= 0.3 is 0 Å². The van der Waals surface area contributed by atoms with Crippen LogP contribution < -0.4 is 15.0 Å². The highest BCUT2D eigenvalue weighted by Crippen LogP contribution is 2.42. The zero-order chi connectivity index (χ0) is 45.4. The third kappa shape index (κ3) is 9.17. The lowest BCUT2D eigenvalue weighted by Crippen LogP contribution is -2.52. The molecular weight excluding hydrogens is 836 g/mol. The summed E-state index contributed by atoms with van der Waals surface area (Å²) in [5.41, 5.74) is 2.90. The minimum atomic E-state index is -0.730. The van der Waals surface area contributed by atoms with E-state index in [2.05, 4.69) is 20.2 Å². The van der Waals surface area contributed by atoms with Crippen molar-refractivity contribution in [2.75, 3.05) is 57.3 Å². The number of nitrogens with one attached hydrogen (secondary N) is 1. The van der Waals surface area contributed by atoms with Gasteiger partial charge < -0.3 is 24.3 Å². The maximum absolute atomic E-state index is 16.6. The standard InChI is InChI=1S/C50H58F3N7O5/c1-3-43(62)58-20-22-59(23-21-58)48-37-25-30(2)44(46(53)47(37)54-29-55-48)45-39(52)5-4-6-41(45)65-24-16-32-9-7-31(8-10-32)13-17-57-18-14-33(15-19-57)35-26-34(51)27-36-38(35)28-60(50(36)64)40-11-12-42(61)56-49(40)63/h4-6,25-27,29,31-33,40H,3,7-24,28H2,1-2H3,(H,56,61,63). The first-order valence-corrected chi connectivity index (χ1v) is 23.5. The molecule has 3 saturated heterocycles. The monoisotopic (exact) mass is 893 g/mol. The second kappa shape index (κ2) is 19.1. The number of nitrogens with zero attached hydrogens (tertiary/aromatic N) is 6. The molecule has 65 heavy (non-hydrogen) atoms. The van der Waals surface area contributed by atoms with Crippen LogP contribution in [-0.2, 0) is 20.9 Å². The number of anilines is 1. The number of likely N-dealkylation sites (tertiary alicyclic amines) is 1. The van der Waals surface area contributed by atoms with Crippen LogP contribution in [0.5, 0.6) is 5.75 Å². The topological polar surface area (TPSA) is 128 Å². The number of hydrogen-bond donors (Lipinski definition) is 1. The molecule has 15 heteroatoms. The third-order valence-corrected chi connectivity index (χ3v) is 14.8. The number of rotatable bonds is 12. The smallest absolute Gasteiger partial charge is 0.255 e. The molecule has 0 spiro atoms. The first-order chi connectivity index (χ1) is 31.5. The number of amides is 4. The van der Waals surface area contributed by atoms with Crippen molar-refractivity contribution in [1.82, 2.24) is 30.0 Å². The summed E-state index contributed by atoms with van der Waals surface area (Å²) in [5, 5.41) is 2.89. The molecule has 1 saturated carbocycles. The highest BCUT2D eigenvalue weighted by molar-refractivity contribution is 6.05. The Balaban J connectivity index is 0.753. The quantitative estimate of drug-likeness (QED) is 0.143. The van der Waals surface area contributed by atoms with Gasteiger partial charge in [0.1, 0.15) is 41.1 Å². The number of halogens is 3. The van der Waals surface area contributed by atoms with Crippen LogP contribution in [0.2, 0.25) is 0 Å². The molecule has 1 unspecified atom stereocenters. The number of fused-ring (bicyclic) bond motifs is 2. The summed E-state index contributed by atoms with van der Waals surface area (Å²) in [6.07, 6.45) is 10.4. The lowest BCUT2D eigenvalue weighted by atomic mass is 9.79. The Bertz CT molecular complexity index is 2480. The largest absolute Gasteiger partial charge is 0.493 e. The maximum Gasteiger partial charge on any atom is 0.255 e. The summed E-state index contributed by atoms with van der Waals surface area (Å²) in [6, 6.07) is 8.58. The average Bonchev–Trinajstić information content (AvgIpc) is 3.63. The molecular formula is C50H58F3N7O5. The second-order valence-corrected chi connectivity index (χ2v) is 18.7. The van der Waals surface area contributed by atoms with E-state index >= 15 is 8.78 Å². The van der Waals surface area contributed by atoms with E-state index in [1.165, 1.54) is 23.4 Å². The molecule has 1 N–H and O–H groups in total. The fourth-order valence-corrected chi connectivity index (χ4v) is 11.1. The molecule has 12 nitrogen and oxygen atoms in total. The van der Waals surface area contributed by atoms with E-state index in [9.17, 15) is 23.6 Å². The Morgan fingerprint density at radius 1 is 0.862 bits per heavy atom. The molecule has 0 bridgehead atoms. The molecule has 1 aliphatic carbocycles. The number of imide groups is 1. The van der Waals surface area contributed by atoms with Crippen LogP contribution in [0.15, 0.2) is 42.7 Å². The van der Waals surface area contributed by atoms with Crippen LogP contribution in [0.25, 0.3) is 22.0 Å². The summed E-state index contributed by atoms with van der Waals surface area (Å²) in [5.74, 6) is -0.514. The molecule has 5 aliphatic rings. The number of carbonyl (C=O) groups is 4. The van der Waals surface area contributed by atoms with E-state index in [1.807, 2.05) is 22.8 Å². The number of carbonyl (C=O) groups excluding carboxylic acids is 4. The molecule has 9 rings (SSSR count). The van der Waals surface area contributed by atoms with Crippen molar-refractivity contribution < 1.29 is 37.1 Å². The fourth-order valence-electron chi connectivity index (χ4n) is 11.1. The van der Waals surface area contributed by atoms with Crippen LogP contribution >= 0.6 is 0 Å². The highest BCUT2D eigenvalue weighted by atomic mass is 19.1. The van der Waals surface area contributed by atoms with Crippen LogP contribution in [0.4, 0.5) is 19.0 Å². The van der Waals surface area contributed by atoms with Gasteiger partial charge in [-0.1, -0.05) is 38.7 Å². The predicted molar refractivity (Wildman–Crippen MR) is 240 cm³/mol. The number of hydrogen-bond acceptors (Lipinski definition) is 9. The number of piperazine rings is 1. The maximum atomic E-state index is 16.6. The van der Waals surface area contributed by atoms with Gasteiger partial charge in [-0.05, 0) is 123 Å². The number of aryl methyl sites for hydroxylation is 1. The van der Waals surface area contributed by atoms with Gasteiger partial charge in [-0.25, -0.2) is 23.1 Å². The fraction of sp³-hybridized carbons (Fsp3) is 0.520. The second-order valence-electron chi connectivity index (χ2n) is 18.7. The Hall–Kier alpha value is -5.57. The molecule has 4 aromatic rings. The summed E-state index contributed by atoms with van der Waals surface area (Å²) >= 11 is 0. The van der Waals surface area contributed by atoms with Crippen LogP contribution in [0.1, 0.15) is 111 Å². The SMILES string of the molecule is CCC(=O)N1CCN(c2ncnc3c(F)c(-c4c(F)cccc4OCCC4CCC(CCN5CCC(c6cc(F)cc7c6CN(C6CCC(=O)NC6=O)C7=O)CC5)CC4)c(C)cc23)CC1. The molecule has 5 heterocycles. The molecule has 3 aromatic carbocycles. The van der Waals surface area contributed by atoms with Gasteiger partial charge in [-0.2, -0.15) is 0 Å².